The molecule has 0 fully saturated rings. The molecule has 2 rings (SSSR count). The Balaban J connectivity index is 2.65. The standard InChI is InChI=1S/C8H12N2O2S2/c1-10-8(14(2,11)12)6-5-13-4-3-7(6)9-10/h3-5H2,1-2H3. The van der Waals surface area contributed by atoms with E-state index in [4.69, 9.17) is 0 Å². The smallest absolute Gasteiger partial charge is 0.192 e. The highest BCUT2D eigenvalue weighted by atomic mass is 32.2. The predicted molar refractivity (Wildman–Crippen MR) is 56.2 cm³/mol. The summed E-state index contributed by atoms with van der Waals surface area (Å²) in [6.45, 7) is 0. The maximum Gasteiger partial charge on any atom is 0.192 e. The molecule has 0 aromatic carbocycles. The number of nitrogens with zero attached hydrogens (tertiary/aromatic N) is 2. The van der Waals surface area contributed by atoms with Crippen LogP contribution in [-0.4, -0.2) is 30.2 Å². The largest absolute Gasteiger partial charge is 0.257 e. The van der Waals surface area contributed by atoms with Gasteiger partial charge in [0.05, 0.1) is 5.69 Å². The van der Waals surface area contributed by atoms with Crippen LogP contribution < -0.4 is 0 Å². The molecular weight excluding hydrogens is 220 g/mol. The van der Waals surface area contributed by atoms with Gasteiger partial charge in [0.2, 0.25) is 0 Å². The van der Waals surface area contributed by atoms with Crippen molar-refractivity contribution in [3.8, 4) is 0 Å². The van der Waals surface area contributed by atoms with Crippen LogP contribution in [0.25, 0.3) is 0 Å². The average molecular weight is 232 g/mol. The first-order valence-corrected chi connectivity index (χ1v) is 7.37. The topological polar surface area (TPSA) is 52.0 Å². The van der Waals surface area contributed by atoms with Crippen molar-refractivity contribution in [2.75, 3.05) is 12.0 Å². The highest BCUT2D eigenvalue weighted by Crippen LogP contribution is 2.29. The Labute approximate surface area is 87.6 Å². The van der Waals surface area contributed by atoms with Crippen LogP contribution in [0.4, 0.5) is 0 Å². The van der Waals surface area contributed by atoms with Crippen LogP contribution in [0, 0.1) is 0 Å². The number of hydrogen-bond acceptors (Lipinski definition) is 4. The van der Waals surface area contributed by atoms with E-state index in [2.05, 4.69) is 5.10 Å². The first-order chi connectivity index (χ1) is 6.50. The molecule has 2 heterocycles. The van der Waals surface area contributed by atoms with Gasteiger partial charge in [0.15, 0.2) is 14.9 Å². The average Bonchev–Trinajstić information content (AvgIpc) is 2.38. The minimum atomic E-state index is -3.14. The van der Waals surface area contributed by atoms with Gasteiger partial charge in [-0.1, -0.05) is 0 Å². The first-order valence-electron chi connectivity index (χ1n) is 4.32. The third kappa shape index (κ3) is 1.56. The van der Waals surface area contributed by atoms with Gasteiger partial charge in [-0.05, 0) is 5.75 Å². The van der Waals surface area contributed by atoms with Crippen molar-refractivity contribution in [1.29, 1.82) is 0 Å². The van der Waals surface area contributed by atoms with Crippen LogP contribution in [0.5, 0.6) is 0 Å². The molecule has 0 aliphatic carbocycles. The van der Waals surface area contributed by atoms with Gasteiger partial charge >= 0.3 is 0 Å². The summed E-state index contributed by atoms with van der Waals surface area (Å²) in [5, 5.41) is 4.63. The molecule has 1 aliphatic rings. The van der Waals surface area contributed by atoms with E-state index in [0.29, 0.717) is 5.03 Å². The zero-order valence-electron chi connectivity index (χ0n) is 8.15. The SMILES string of the molecule is Cn1nc2c(c1S(C)(=O)=O)CSCC2. The van der Waals surface area contributed by atoms with Crippen molar-refractivity contribution in [3.63, 3.8) is 0 Å². The number of rotatable bonds is 1. The third-order valence-electron chi connectivity index (χ3n) is 2.25. The molecule has 0 radical (unpaired) electrons. The van der Waals surface area contributed by atoms with Crippen molar-refractivity contribution in [1.82, 2.24) is 9.78 Å². The van der Waals surface area contributed by atoms with Gasteiger partial charge in [0.1, 0.15) is 0 Å². The van der Waals surface area contributed by atoms with Gasteiger partial charge in [-0.2, -0.15) is 16.9 Å². The molecule has 0 saturated heterocycles. The molecule has 0 saturated carbocycles. The second-order valence-corrected chi connectivity index (χ2v) is 6.46. The minimum Gasteiger partial charge on any atom is -0.257 e. The molecule has 0 N–H and O–H groups in total. The molecular formula is C8H12N2O2S2. The summed E-state index contributed by atoms with van der Waals surface area (Å²) in [6, 6.07) is 0. The molecule has 78 valence electrons. The van der Waals surface area contributed by atoms with E-state index in [1.807, 2.05) is 0 Å². The second kappa shape index (κ2) is 3.27. The van der Waals surface area contributed by atoms with E-state index in [-0.39, 0.29) is 0 Å². The van der Waals surface area contributed by atoms with E-state index in [1.165, 1.54) is 10.9 Å². The first kappa shape index (κ1) is 10.0. The highest BCUT2D eigenvalue weighted by molar-refractivity contribution is 7.98. The molecule has 6 heteroatoms. The lowest BCUT2D eigenvalue weighted by atomic mass is 10.2. The zero-order chi connectivity index (χ0) is 10.3. The van der Waals surface area contributed by atoms with Crippen molar-refractivity contribution in [2.24, 2.45) is 7.05 Å². The van der Waals surface area contributed by atoms with Crippen LogP contribution >= 0.6 is 11.8 Å². The summed E-state index contributed by atoms with van der Waals surface area (Å²) in [4.78, 5) is 0. The van der Waals surface area contributed by atoms with Crippen molar-refractivity contribution in [2.45, 2.75) is 17.2 Å². The lowest BCUT2D eigenvalue weighted by Crippen LogP contribution is -2.08. The summed E-state index contributed by atoms with van der Waals surface area (Å²) in [5.74, 6) is 1.80. The van der Waals surface area contributed by atoms with Gasteiger partial charge < -0.3 is 0 Å². The number of thioether (sulfide) groups is 1. The quantitative estimate of drug-likeness (QED) is 0.712. The summed E-state index contributed by atoms with van der Waals surface area (Å²) in [6.07, 6.45) is 2.12. The Hall–Kier alpha value is -0.490. The summed E-state index contributed by atoms with van der Waals surface area (Å²) in [5.41, 5.74) is 1.86. The van der Waals surface area contributed by atoms with E-state index in [1.54, 1.807) is 18.8 Å². The molecule has 4 nitrogen and oxygen atoms in total. The lowest BCUT2D eigenvalue weighted by Gasteiger charge is -2.09. The summed E-state index contributed by atoms with van der Waals surface area (Å²) < 4.78 is 24.5. The van der Waals surface area contributed by atoms with E-state index >= 15 is 0 Å². The summed E-state index contributed by atoms with van der Waals surface area (Å²) >= 11 is 1.76. The Morgan fingerprint density at radius 1 is 1.50 bits per heavy atom. The van der Waals surface area contributed by atoms with Crippen LogP contribution in [0.1, 0.15) is 11.3 Å². The van der Waals surface area contributed by atoms with Crippen LogP contribution in [0.15, 0.2) is 5.03 Å². The van der Waals surface area contributed by atoms with Gasteiger partial charge in [0.25, 0.3) is 0 Å². The molecule has 14 heavy (non-hydrogen) atoms. The lowest BCUT2D eigenvalue weighted by molar-refractivity contribution is 0.581. The maximum absolute atomic E-state index is 11.5. The molecule has 1 aromatic heterocycles. The molecule has 1 aliphatic heterocycles. The zero-order valence-corrected chi connectivity index (χ0v) is 9.78. The van der Waals surface area contributed by atoms with Crippen molar-refractivity contribution >= 4 is 21.6 Å². The van der Waals surface area contributed by atoms with Gasteiger partial charge in [-0.25, -0.2) is 8.42 Å². The van der Waals surface area contributed by atoms with Crippen LogP contribution in [-0.2, 0) is 29.1 Å². The van der Waals surface area contributed by atoms with Crippen molar-refractivity contribution in [3.05, 3.63) is 11.3 Å². The number of fused-ring (bicyclic) bond motifs is 1. The van der Waals surface area contributed by atoms with Gasteiger partial charge in [0, 0.05) is 31.0 Å². The fourth-order valence-electron chi connectivity index (χ4n) is 1.76. The monoisotopic (exact) mass is 232 g/mol. The molecule has 1 aromatic rings. The Bertz CT molecular complexity index is 462. The molecule has 0 amide bonds. The van der Waals surface area contributed by atoms with Crippen molar-refractivity contribution < 1.29 is 8.42 Å². The summed E-state index contributed by atoms with van der Waals surface area (Å²) in [7, 11) is -1.45. The molecule has 0 unspecified atom stereocenters. The molecule has 0 atom stereocenters. The van der Waals surface area contributed by atoms with E-state index in [9.17, 15) is 8.42 Å². The fourth-order valence-corrected chi connectivity index (χ4v) is 4.00. The number of sulfone groups is 1. The number of aryl methyl sites for hydroxylation is 2. The van der Waals surface area contributed by atoms with Gasteiger partial charge in [-0.3, -0.25) is 4.68 Å². The van der Waals surface area contributed by atoms with Crippen LogP contribution in [0.3, 0.4) is 0 Å². The normalized spacial score (nSPS) is 16.7. The van der Waals surface area contributed by atoms with Crippen LogP contribution in [0.2, 0.25) is 0 Å². The Morgan fingerprint density at radius 2 is 2.21 bits per heavy atom. The Kier molecular flexibility index (Phi) is 2.35. The molecule has 0 bridgehead atoms. The fraction of sp³-hybridized carbons (Fsp3) is 0.625. The number of hydrogen-bond donors (Lipinski definition) is 0. The molecule has 0 spiro atoms. The predicted octanol–water partition coefficient (Wildman–Crippen LogP) is 0.613. The second-order valence-electron chi connectivity index (χ2n) is 3.43. The maximum atomic E-state index is 11.5. The minimum absolute atomic E-state index is 0.389. The van der Waals surface area contributed by atoms with E-state index < -0.39 is 9.84 Å². The Morgan fingerprint density at radius 3 is 2.86 bits per heavy atom. The third-order valence-corrected chi connectivity index (χ3v) is 4.45. The highest BCUT2D eigenvalue weighted by Gasteiger charge is 2.25. The number of aromatic nitrogens is 2. The van der Waals surface area contributed by atoms with E-state index in [0.717, 1.165) is 29.2 Å². The van der Waals surface area contributed by atoms with Gasteiger partial charge in [-0.15, -0.1) is 0 Å².